The van der Waals surface area contributed by atoms with Crippen LogP contribution in [0.2, 0.25) is 0 Å². The minimum atomic E-state index is -0.375. The van der Waals surface area contributed by atoms with Gasteiger partial charge in [0.25, 0.3) is 0 Å². The van der Waals surface area contributed by atoms with Crippen molar-refractivity contribution >= 4 is 22.6 Å². The Morgan fingerprint density at radius 1 is 1.47 bits per heavy atom. The summed E-state index contributed by atoms with van der Waals surface area (Å²) in [5.74, 6) is 0.261. The lowest BCUT2D eigenvalue weighted by molar-refractivity contribution is -0.00998. The maximum atomic E-state index is 10.2. The molecule has 0 aromatic heterocycles. The average Bonchev–Trinajstić information content (AvgIpc) is 2.29. The zero-order valence-electron chi connectivity index (χ0n) is 8.53. The van der Waals surface area contributed by atoms with E-state index in [9.17, 15) is 5.11 Å². The van der Waals surface area contributed by atoms with Crippen LogP contribution in [-0.4, -0.2) is 18.3 Å². The zero-order valence-corrected chi connectivity index (χ0v) is 10.7. The first-order valence-corrected chi connectivity index (χ1v) is 6.36. The number of halogens is 1. The Morgan fingerprint density at radius 3 is 3.00 bits per heavy atom. The number of ether oxygens (including phenoxy) is 1. The van der Waals surface area contributed by atoms with E-state index in [1.807, 2.05) is 24.3 Å². The highest BCUT2D eigenvalue weighted by Crippen LogP contribution is 2.29. The summed E-state index contributed by atoms with van der Waals surface area (Å²) in [6.45, 7) is 1.53. The van der Waals surface area contributed by atoms with Crippen molar-refractivity contribution in [2.45, 2.75) is 18.9 Å². The molecule has 1 aromatic rings. The second-order valence-electron chi connectivity index (χ2n) is 3.98. The maximum absolute atomic E-state index is 10.2. The van der Waals surface area contributed by atoms with Crippen LogP contribution in [0.25, 0.3) is 0 Å². The first-order chi connectivity index (χ1) is 7.27. The Labute approximate surface area is 104 Å². The highest BCUT2D eigenvalue weighted by atomic mass is 127. The first-order valence-electron chi connectivity index (χ1n) is 5.28. The summed E-state index contributed by atoms with van der Waals surface area (Å²) in [4.78, 5) is 0. The molecule has 1 heterocycles. The van der Waals surface area contributed by atoms with Gasteiger partial charge in [0.1, 0.15) is 0 Å². The van der Waals surface area contributed by atoms with Gasteiger partial charge in [-0.05, 0) is 53.1 Å². The molecule has 1 fully saturated rings. The van der Waals surface area contributed by atoms with Crippen molar-refractivity contribution in [3.63, 3.8) is 0 Å². The number of hydrogen-bond donors (Lipinski definition) is 1. The second-order valence-corrected chi connectivity index (χ2v) is 5.22. The fraction of sp³-hybridized carbons (Fsp3) is 0.500. The molecule has 1 saturated heterocycles. The maximum Gasteiger partial charge on any atom is 0.0840 e. The molecule has 3 heteroatoms. The van der Waals surface area contributed by atoms with Crippen LogP contribution >= 0.6 is 22.6 Å². The van der Waals surface area contributed by atoms with Crippen molar-refractivity contribution in [3.05, 3.63) is 33.4 Å². The Balaban J connectivity index is 2.08. The van der Waals surface area contributed by atoms with Crippen LogP contribution < -0.4 is 0 Å². The molecule has 1 aliphatic rings. The van der Waals surface area contributed by atoms with Gasteiger partial charge in [-0.1, -0.05) is 12.1 Å². The van der Waals surface area contributed by atoms with Gasteiger partial charge in [-0.15, -0.1) is 0 Å². The van der Waals surface area contributed by atoms with Gasteiger partial charge in [-0.3, -0.25) is 0 Å². The third kappa shape index (κ3) is 2.92. The molecule has 1 aromatic carbocycles. The van der Waals surface area contributed by atoms with E-state index in [-0.39, 0.29) is 12.0 Å². The predicted octanol–water partition coefficient (Wildman–Crippen LogP) is 2.75. The van der Waals surface area contributed by atoms with Crippen LogP contribution in [0.4, 0.5) is 0 Å². The normalized spacial score (nSPS) is 23.7. The SMILES string of the molecule is OC(c1cccc(I)c1)C1CCCOC1. The molecule has 82 valence electrons. The van der Waals surface area contributed by atoms with E-state index in [1.165, 1.54) is 3.57 Å². The number of rotatable bonds is 2. The topological polar surface area (TPSA) is 29.5 Å². The van der Waals surface area contributed by atoms with Crippen molar-refractivity contribution in [1.82, 2.24) is 0 Å². The average molecular weight is 318 g/mol. The third-order valence-electron chi connectivity index (χ3n) is 2.83. The molecular weight excluding hydrogens is 303 g/mol. The smallest absolute Gasteiger partial charge is 0.0840 e. The van der Waals surface area contributed by atoms with Crippen molar-refractivity contribution in [3.8, 4) is 0 Å². The molecule has 0 bridgehead atoms. The Morgan fingerprint density at radius 2 is 2.33 bits per heavy atom. The molecule has 0 aliphatic carbocycles. The summed E-state index contributed by atoms with van der Waals surface area (Å²) in [6.07, 6.45) is 1.75. The van der Waals surface area contributed by atoms with E-state index < -0.39 is 0 Å². The highest BCUT2D eigenvalue weighted by Gasteiger charge is 2.23. The van der Waals surface area contributed by atoms with Crippen molar-refractivity contribution in [2.75, 3.05) is 13.2 Å². The quantitative estimate of drug-likeness (QED) is 0.850. The van der Waals surface area contributed by atoms with Crippen LogP contribution in [0.15, 0.2) is 24.3 Å². The first kappa shape index (κ1) is 11.4. The van der Waals surface area contributed by atoms with Gasteiger partial charge in [0.15, 0.2) is 0 Å². The van der Waals surface area contributed by atoms with Crippen LogP contribution in [0.3, 0.4) is 0 Å². The summed E-state index contributed by atoms with van der Waals surface area (Å²) in [5.41, 5.74) is 1.01. The van der Waals surface area contributed by atoms with Crippen molar-refractivity contribution in [2.24, 2.45) is 5.92 Å². The predicted molar refractivity (Wildman–Crippen MR) is 67.7 cm³/mol. The van der Waals surface area contributed by atoms with E-state index in [4.69, 9.17) is 4.74 Å². The number of benzene rings is 1. The van der Waals surface area contributed by atoms with E-state index in [0.717, 1.165) is 25.0 Å². The van der Waals surface area contributed by atoms with Crippen LogP contribution in [0, 0.1) is 9.49 Å². The number of aliphatic hydroxyl groups excluding tert-OH is 1. The largest absolute Gasteiger partial charge is 0.388 e. The molecule has 2 atom stereocenters. The minimum absolute atomic E-state index is 0.261. The van der Waals surface area contributed by atoms with E-state index in [1.54, 1.807) is 0 Å². The molecule has 0 saturated carbocycles. The highest BCUT2D eigenvalue weighted by molar-refractivity contribution is 14.1. The Hall–Kier alpha value is -0.130. The lowest BCUT2D eigenvalue weighted by Crippen LogP contribution is -2.23. The monoisotopic (exact) mass is 318 g/mol. The second kappa shape index (κ2) is 5.27. The van der Waals surface area contributed by atoms with Gasteiger partial charge in [-0.25, -0.2) is 0 Å². The summed E-state index contributed by atoms with van der Waals surface area (Å²) >= 11 is 2.27. The van der Waals surface area contributed by atoms with Gasteiger partial charge < -0.3 is 9.84 Å². The molecule has 0 radical (unpaired) electrons. The standard InChI is InChI=1S/C12H15IO2/c13-11-5-1-3-9(7-11)12(14)10-4-2-6-15-8-10/h1,3,5,7,10,12,14H,2,4,6,8H2. The molecule has 2 nitrogen and oxygen atoms in total. The van der Waals surface area contributed by atoms with Crippen LogP contribution in [0.5, 0.6) is 0 Å². The summed E-state index contributed by atoms with van der Waals surface area (Å²) in [5, 5.41) is 10.2. The molecule has 1 aliphatic heterocycles. The van der Waals surface area contributed by atoms with E-state index >= 15 is 0 Å². The van der Waals surface area contributed by atoms with Gasteiger partial charge in [0, 0.05) is 16.1 Å². The molecule has 0 amide bonds. The molecule has 1 N–H and O–H groups in total. The van der Waals surface area contributed by atoms with Crippen LogP contribution in [0.1, 0.15) is 24.5 Å². The Kier molecular flexibility index (Phi) is 3.99. The van der Waals surface area contributed by atoms with Crippen molar-refractivity contribution < 1.29 is 9.84 Å². The summed E-state index contributed by atoms with van der Waals surface area (Å²) < 4.78 is 6.56. The lowest BCUT2D eigenvalue weighted by atomic mass is 9.91. The number of aliphatic hydroxyl groups is 1. The molecular formula is C12H15IO2. The zero-order chi connectivity index (χ0) is 10.7. The molecule has 15 heavy (non-hydrogen) atoms. The third-order valence-corrected chi connectivity index (χ3v) is 3.50. The van der Waals surface area contributed by atoms with Gasteiger partial charge >= 0.3 is 0 Å². The lowest BCUT2D eigenvalue weighted by Gasteiger charge is -2.27. The number of hydrogen-bond acceptors (Lipinski definition) is 2. The molecule has 2 rings (SSSR count). The van der Waals surface area contributed by atoms with Gasteiger partial charge in [0.05, 0.1) is 12.7 Å². The van der Waals surface area contributed by atoms with Crippen molar-refractivity contribution in [1.29, 1.82) is 0 Å². The summed E-state index contributed by atoms with van der Waals surface area (Å²) in [6, 6.07) is 8.05. The fourth-order valence-electron chi connectivity index (χ4n) is 1.98. The summed E-state index contributed by atoms with van der Waals surface area (Å²) in [7, 11) is 0. The van der Waals surface area contributed by atoms with E-state index in [0.29, 0.717) is 6.61 Å². The molecule has 2 unspecified atom stereocenters. The van der Waals surface area contributed by atoms with Gasteiger partial charge in [-0.2, -0.15) is 0 Å². The Bertz CT molecular complexity index is 321. The van der Waals surface area contributed by atoms with Crippen LogP contribution in [-0.2, 0) is 4.74 Å². The minimum Gasteiger partial charge on any atom is -0.388 e. The molecule has 0 spiro atoms. The fourth-order valence-corrected chi connectivity index (χ4v) is 2.54. The van der Waals surface area contributed by atoms with E-state index in [2.05, 4.69) is 22.6 Å². The van der Waals surface area contributed by atoms with Gasteiger partial charge in [0.2, 0.25) is 0 Å².